The van der Waals surface area contributed by atoms with Crippen LogP contribution in [0.25, 0.3) is 11.2 Å². The Morgan fingerprint density at radius 3 is 2.74 bits per heavy atom. The maximum Gasteiger partial charge on any atom is 0.177 e. The van der Waals surface area contributed by atoms with Crippen LogP contribution in [0.4, 0.5) is 14.6 Å². The molecule has 0 radical (unpaired) electrons. The van der Waals surface area contributed by atoms with Gasteiger partial charge in [0.05, 0.1) is 18.8 Å². The van der Waals surface area contributed by atoms with Gasteiger partial charge in [-0.15, -0.1) is 0 Å². The molecule has 7 nitrogen and oxygen atoms in total. The molecule has 2 saturated heterocycles. The van der Waals surface area contributed by atoms with Gasteiger partial charge in [0.2, 0.25) is 0 Å². The van der Waals surface area contributed by atoms with Crippen LogP contribution in [-0.2, 0) is 11.3 Å². The largest absolute Gasteiger partial charge is 0.390 e. The summed E-state index contributed by atoms with van der Waals surface area (Å²) in [4.78, 5) is 11.3. The van der Waals surface area contributed by atoms with E-state index in [9.17, 15) is 13.9 Å². The Morgan fingerprint density at radius 2 is 2.00 bits per heavy atom. The molecule has 0 amide bonds. The van der Waals surface area contributed by atoms with E-state index in [-0.39, 0.29) is 23.3 Å². The van der Waals surface area contributed by atoms with E-state index < -0.39 is 11.6 Å². The normalized spacial score (nSPS) is 17.8. The Kier molecular flexibility index (Phi) is 5.04. The third kappa shape index (κ3) is 3.62. The fourth-order valence-electron chi connectivity index (χ4n) is 4.28. The molecule has 31 heavy (non-hydrogen) atoms. The molecule has 2 fully saturated rings. The van der Waals surface area contributed by atoms with Gasteiger partial charge in [-0.2, -0.15) is 5.10 Å². The molecule has 1 spiro atoms. The number of halogens is 2. The van der Waals surface area contributed by atoms with Crippen LogP contribution in [0.5, 0.6) is 0 Å². The Morgan fingerprint density at radius 1 is 1.16 bits per heavy atom. The summed E-state index contributed by atoms with van der Waals surface area (Å²) in [5.41, 5.74) is 1.70. The molecular weight excluding hydrogens is 404 g/mol. The Bertz CT molecular complexity index is 1180. The molecule has 160 valence electrons. The molecule has 0 atom stereocenters. The number of nitrogens with zero attached hydrogens (tertiary/aromatic N) is 4. The second-order valence-electron chi connectivity index (χ2n) is 8.06. The fourth-order valence-corrected chi connectivity index (χ4v) is 4.28. The van der Waals surface area contributed by atoms with Gasteiger partial charge < -0.3 is 14.7 Å². The zero-order chi connectivity index (χ0) is 21.4. The van der Waals surface area contributed by atoms with Gasteiger partial charge >= 0.3 is 0 Å². The van der Waals surface area contributed by atoms with Crippen molar-refractivity contribution in [2.45, 2.75) is 25.9 Å². The predicted molar refractivity (Wildman–Crippen MR) is 109 cm³/mol. The molecule has 0 aliphatic carbocycles. The van der Waals surface area contributed by atoms with Crippen molar-refractivity contribution in [2.24, 2.45) is 5.41 Å². The summed E-state index contributed by atoms with van der Waals surface area (Å²) in [6.07, 6.45) is 3.11. The smallest absolute Gasteiger partial charge is 0.177 e. The van der Waals surface area contributed by atoms with Gasteiger partial charge in [-0.3, -0.25) is 5.10 Å². The number of aliphatic hydroxyl groups excluding tert-OH is 1. The Labute approximate surface area is 177 Å². The average Bonchev–Trinajstić information content (AvgIpc) is 3.41. The van der Waals surface area contributed by atoms with Crippen molar-refractivity contribution in [3.05, 3.63) is 46.8 Å². The molecule has 2 N–H and O–H groups in total. The van der Waals surface area contributed by atoms with Crippen LogP contribution in [-0.4, -0.2) is 51.6 Å². The summed E-state index contributed by atoms with van der Waals surface area (Å²) >= 11 is 0. The molecular formula is C22H21F2N5O2. The number of aromatic nitrogens is 4. The number of anilines is 1. The highest BCUT2D eigenvalue weighted by Crippen LogP contribution is 2.40. The lowest BCUT2D eigenvalue weighted by Crippen LogP contribution is -2.41. The van der Waals surface area contributed by atoms with E-state index in [1.54, 1.807) is 0 Å². The van der Waals surface area contributed by atoms with Crippen molar-refractivity contribution < 1.29 is 18.6 Å². The summed E-state index contributed by atoms with van der Waals surface area (Å²) in [5, 5.41) is 16.8. The van der Waals surface area contributed by atoms with Crippen molar-refractivity contribution in [1.82, 2.24) is 20.2 Å². The number of piperidine rings is 1. The predicted octanol–water partition coefficient (Wildman–Crippen LogP) is 2.53. The van der Waals surface area contributed by atoms with E-state index in [0.717, 1.165) is 51.6 Å². The zero-order valence-electron chi connectivity index (χ0n) is 16.8. The standard InChI is InChI=1S/C22H21F2N5O2/c23-15-3-1-2-14(18(15)24)4-5-16-19-20(28-27-16)26-21(17(12-30)25-19)29-9-6-22(7-10-29)8-11-31-13-22/h1-3,30H,6-13H2,(H,26,27,28). The maximum atomic E-state index is 13.9. The molecule has 5 rings (SSSR count). The van der Waals surface area contributed by atoms with Crippen molar-refractivity contribution in [2.75, 3.05) is 31.2 Å². The first kappa shape index (κ1) is 19.8. The fraction of sp³-hybridized carbons (Fsp3) is 0.409. The van der Waals surface area contributed by atoms with Crippen LogP contribution in [0.2, 0.25) is 0 Å². The molecule has 3 aromatic rings. The SMILES string of the molecule is OCc1nc2c(C#Cc3cccc(F)c3F)n[nH]c2nc1N1CCC2(CCOC2)CC1. The molecule has 2 aliphatic heterocycles. The topological polar surface area (TPSA) is 87.2 Å². The molecule has 4 heterocycles. The van der Waals surface area contributed by atoms with Crippen LogP contribution >= 0.6 is 0 Å². The molecule has 2 aromatic heterocycles. The number of nitrogens with one attached hydrogen (secondary N) is 1. The molecule has 0 saturated carbocycles. The molecule has 0 bridgehead atoms. The highest BCUT2D eigenvalue weighted by Gasteiger charge is 2.38. The summed E-state index contributed by atoms with van der Waals surface area (Å²) < 4.78 is 32.8. The first-order valence-electron chi connectivity index (χ1n) is 10.2. The van der Waals surface area contributed by atoms with Crippen molar-refractivity contribution in [3.63, 3.8) is 0 Å². The van der Waals surface area contributed by atoms with Gasteiger partial charge in [-0.25, -0.2) is 18.7 Å². The lowest BCUT2D eigenvalue weighted by Gasteiger charge is -2.39. The maximum absolute atomic E-state index is 13.9. The first-order chi connectivity index (χ1) is 15.1. The van der Waals surface area contributed by atoms with Crippen LogP contribution in [0.3, 0.4) is 0 Å². The number of rotatable bonds is 2. The van der Waals surface area contributed by atoms with Crippen LogP contribution in [0, 0.1) is 28.9 Å². The minimum atomic E-state index is -1.00. The second-order valence-corrected chi connectivity index (χ2v) is 8.06. The summed E-state index contributed by atoms with van der Waals surface area (Å²) in [6.45, 7) is 2.99. The zero-order valence-corrected chi connectivity index (χ0v) is 16.8. The first-order valence-corrected chi connectivity index (χ1v) is 10.2. The van der Waals surface area contributed by atoms with E-state index in [2.05, 4.69) is 36.9 Å². The van der Waals surface area contributed by atoms with E-state index in [1.807, 2.05) is 0 Å². The van der Waals surface area contributed by atoms with E-state index in [0.29, 0.717) is 22.7 Å². The van der Waals surface area contributed by atoms with Crippen LogP contribution < -0.4 is 4.90 Å². The number of aromatic amines is 1. The third-order valence-electron chi connectivity index (χ3n) is 6.17. The molecule has 2 aliphatic rings. The Hall–Kier alpha value is -3.09. The number of hydrogen-bond donors (Lipinski definition) is 2. The highest BCUT2D eigenvalue weighted by atomic mass is 19.2. The van der Waals surface area contributed by atoms with Crippen LogP contribution in [0.1, 0.15) is 36.2 Å². The second kappa shape index (κ2) is 7.87. The van der Waals surface area contributed by atoms with Gasteiger partial charge in [-0.1, -0.05) is 12.0 Å². The van der Waals surface area contributed by atoms with Crippen molar-refractivity contribution in [3.8, 4) is 11.8 Å². The summed E-state index contributed by atoms with van der Waals surface area (Å²) in [6, 6.07) is 3.82. The third-order valence-corrected chi connectivity index (χ3v) is 6.17. The minimum absolute atomic E-state index is 0.0683. The van der Waals surface area contributed by atoms with Gasteiger partial charge in [0.15, 0.2) is 28.8 Å². The van der Waals surface area contributed by atoms with Gasteiger partial charge in [0.25, 0.3) is 0 Å². The Balaban J connectivity index is 1.44. The van der Waals surface area contributed by atoms with Gasteiger partial charge in [-0.05, 0) is 42.7 Å². The van der Waals surface area contributed by atoms with Gasteiger partial charge in [0.1, 0.15) is 11.2 Å². The number of ether oxygens (including phenoxy) is 1. The van der Waals surface area contributed by atoms with Gasteiger partial charge in [0, 0.05) is 19.7 Å². The lowest BCUT2D eigenvalue weighted by atomic mass is 9.78. The van der Waals surface area contributed by atoms with E-state index >= 15 is 0 Å². The quantitative estimate of drug-likeness (QED) is 0.614. The summed E-state index contributed by atoms with van der Waals surface area (Å²) in [5.74, 6) is 3.98. The van der Waals surface area contributed by atoms with E-state index in [4.69, 9.17) is 4.74 Å². The number of aliphatic hydroxyl groups is 1. The summed E-state index contributed by atoms with van der Waals surface area (Å²) in [7, 11) is 0. The number of hydrogen-bond acceptors (Lipinski definition) is 6. The average molecular weight is 425 g/mol. The number of H-pyrrole nitrogens is 1. The van der Waals surface area contributed by atoms with Crippen LogP contribution in [0.15, 0.2) is 18.2 Å². The molecule has 1 aromatic carbocycles. The number of benzene rings is 1. The lowest BCUT2D eigenvalue weighted by molar-refractivity contribution is 0.133. The number of fused-ring (bicyclic) bond motifs is 1. The van der Waals surface area contributed by atoms with Crippen molar-refractivity contribution in [1.29, 1.82) is 0 Å². The molecule has 0 unspecified atom stereocenters. The van der Waals surface area contributed by atoms with Crippen molar-refractivity contribution >= 4 is 17.0 Å². The minimum Gasteiger partial charge on any atom is -0.390 e. The monoisotopic (exact) mass is 425 g/mol. The van der Waals surface area contributed by atoms with E-state index in [1.165, 1.54) is 12.1 Å². The molecule has 9 heteroatoms. The highest BCUT2D eigenvalue weighted by molar-refractivity contribution is 5.78.